The second-order valence-corrected chi connectivity index (χ2v) is 10.3. The maximum Gasteiger partial charge on any atom is 0.284 e. The smallest absolute Gasteiger partial charge is 0.284 e. The molecule has 1 atom stereocenters. The number of nitrogens with zero attached hydrogens (tertiary/aromatic N) is 3. The number of carbonyl (C=O) groups excluding carboxylic acids is 1. The lowest BCUT2D eigenvalue weighted by Gasteiger charge is -2.28. The number of carbonyl (C=O) groups is 1. The van der Waals surface area contributed by atoms with Gasteiger partial charge in [0.2, 0.25) is 0 Å². The van der Waals surface area contributed by atoms with Crippen molar-refractivity contribution in [2.75, 3.05) is 19.0 Å². The fourth-order valence-electron chi connectivity index (χ4n) is 4.71. The third kappa shape index (κ3) is 5.78. The normalized spacial score (nSPS) is 14.7. The lowest BCUT2D eigenvalue weighted by atomic mass is 10.1. The monoisotopic (exact) mass is 557 g/mol. The summed E-state index contributed by atoms with van der Waals surface area (Å²) in [7, 11) is 1.54. The van der Waals surface area contributed by atoms with Gasteiger partial charge in [-0.3, -0.25) is 14.3 Å². The minimum Gasteiger partial charge on any atom is -0.629 e. The van der Waals surface area contributed by atoms with Gasteiger partial charge in [-0.2, -0.15) is 0 Å². The molecule has 3 heterocycles. The number of hydroxylamine groups is 1. The summed E-state index contributed by atoms with van der Waals surface area (Å²) in [5.74, 6) is 1.11. The molecule has 1 aliphatic heterocycles. The quantitative estimate of drug-likeness (QED) is 0.284. The Hall–Kier alpha value is -4.71. The first-order valence-electron chi connectivity index (χ1n) is 13.0. The first kappa shape index (κ1) is 27.8. The van der Waals surface area contributed by atoms with E-state index in [-0.39, 0.29) is 29.5 Å². The molecule has 0 aliphatic carbocycles. The summed E-state index contributed by atoms with van der Waals surface area (Å²) in [6.45, 7) is 5.23. The molecular formula is C30H31N5O6. The maximum absolute atomic E-state index is 13.5. The number of quaternary nitrogens is 1. The van der Waals surface area contributed by atoms with Crippen molar-refractivity contribution >= 4 is 23.2 Å². The van der Waals surface area contributed by atoms with E-state index >= 15 is 0 Å². The Morgan fingerprint density at radius 2 is 1.88 bits per heavy atom. The molecule has 4 aromatic rings. The molecule has 2 aromatic heterocycles. The minimum absolute atomic E-state index is 0.0274. The number of aliphatic hydroxyl groups is 1. The van der Waals surface area contributed by atoms with Gasteiger partial charge in [-0.15, -0.1) is 0 Å². The number of ether oxygens (including phenoxy) is 2. The Morgan fingerprint density at radius 1 is 1.15 bits per heavy atom. The van der Waals surface area contributed by atoms with Crippen molar-refractivity contribution in [1.29, 1.82) is 0 Å². The van der Waals surface area contributed by atoms with E-state index in [9.17, 15) is 19.9 Å². The van der Waals surface area contributed by atoms with E-state index in [0.717, 1.165) is 0 Å². The zero-order chi connectivity index (χ0) is 29.3. The van der Waals surface area contributed by atoms with E-state index in [1.54, 1.807) is 93.2 Å². The Balaban J connectivity index is 1.37. The predicted molar refractivity (Wildman–Crippen MR) is 154 cm³/mol. The molecule has 0 bridgehead atoms. The lowest BCUT2D eigenvalue weighted by Crippen LogP contribution is -3.02. The number of fused-ring (bicyclic) bond motifs is 1. The average molecular weight is 558 g/mol. The standard InChI is InChI=1S/C30H31N5O6/c1-19-27(29(37)35(20-8-6-5-7-9-20)33(19)18-30(2,3)38)28(36)32-26-13-11-22(17-31-26)41-25-14-15-34(39)24-16-21(40-4)10-12-23(24)25/h5-14,16-17,34,38H,15,18H2,1-4H3,(H,31,32,36). The second kappa shape index (κ2) is 11.0. The van der Waals surface area contributed by atoms with Crippen LogP contribution in [0.1, 0.15) is 35.5 Å². The van der Waals surface area contributed by atoms with E-state index < -0.39 is 17.1 Å². The van der Waals surface area contributed by atoms with E-state index in [1.807, 2.05) is 6.07 Å². The number of nitrogens with one attached hydrogen (secondary N) is 2. The van der Waals surface area contributed by atoms with Crippen molar-refractivity contribution in [1.82, 2.24) is 14.3 Å². The third-order valence-corrected chi connectivity index (χ3v) is 6.63. The summed E-state index contributed by atoms with van der Waals surface area (Å²) in [5.41, 5.74) is 0.460. The highest BCUT2D eigenvalue weighted by molar-refractivity contribution is 6.04. The Labute approximate surface area is 236 Å². The number of anilines is 1. The topological polar surface area (TPSA) is 135 Å². The zero-order valence-corrected chi connectivity index (χ0v) is 23.2. The number of methoxy groups -OCH3 is 1. The Bertz CT molecular complexity index is 1670. The lowest BCUT2D eigenvalue weighted by molar-refractivity contribution is -0.769. The summed E-state index contributed by atoms with van der Waals surface area (Å²) in [6.07, 6.45) is 3.16. The van der Waals surface area contributed by atoms with Crippen molar-refractivity contribution in [3.63, 3.8) is 0 Å². The summed E-state index contributed by atoms with van der Waals surface area (Å²) in [6, 6.07) is 17.4. The van der Waals surface area contributed by atoms with Crippen molar-refractivity contribution in [3.8, 4) is 17.2 Å². The fourth-order valence-corrected chi connectivity index (χ4v) is 4.71. The van der Waals surface area contributed by atoms with Gasteiger partial charge in [-0.25, -0.2) is 9.67 Å². The van der Waals surface area contributed by atoms with Crippen molar-refractivity contribution < 1.29 is 24.4 Å². The number of para-hydroxylation sites is 1. The number of aromatic nitrogens is 3. The van der Waals surface area contributed by atoms with Crippen LogP contribution in [-0.2, 0) is 6.54 Å². The number of rotatable bonds is 8. The van der Waals surface area contributed by atoms with Gasteiger partial charge in [-0.1, -0.05) is 18.2 Å². The van der Waals surface area contributed by atoms with Gasteiger partial charge < -0.3 is 30.2 Å². The van der Waals surface area contributed by atoms with Crippen molar-refractivity contribution in [2.24, 2.45) is 0 Å². The number of amides is 1. The maximum atomic E-state index is 13.5. The van der Waals surface area contributed by atoms with Crippen LogP contribution in [0.25, 0.3) is 11.4 Å². The molecule has 2 aromatic carbocycles. The molecule has 3 N–H and O–H groups in total. The van der Waals surface area contributed by atoms with E-state index in [1.165, 1.54) is 10.9 Å². The predicted octanol–water partition coefficient (Wildman–Crippen LogP) is 2.82. The van der Waals surface area contributed by atoms with Crippen molar-refractivity contribution in [2.45, 2.75) is 32.9 Å². The van der Waals surface area contributed by atoms with Crippen LogP contribution in [-0.4, -0.2) is 44.6 Å². The van der Waals surface area contributed by atoms with Crippen LogP contribution in [0.15, 0.2) is 77.7 Å². The van der Waals surface area contributed by atoms with Crippen molar-refractivity contribution in [3.05, 3.63) is 105 Å². The molecule has 212 valence electrons. The summed E-state index contributed by atoms with van der Waals surface area (Å²) < 4.78 is 14.2. The number of hydrogen-bond donors (Lipinski definition) is 3. The SMILES string of the molecule is COc1ccc2c(c1)[NH+]([O-])CC=C2Oc1ccc(NC(=O)c2c(C)n(CC(C)(C)O)n(-c3ccccc3)c2=O)nc1. The van der Waals surface area contributed by atoms with Gasteiger partial charge in [0.1, 0.15) is 40.9 Å². The third-order valence-electron chi connectivity index (χ3n) is 6.63. The molecule has 11 nitrogen and oxygen atoms in total. The molecule has 0 spiro atoms. The summed E-state index contributed by atoms with van der Waals surface area (Å²) in [5, 5.41) is 25.5. The highest BCUT2D eigenvalue weighted by atomic mass is 16.5. The van der Waals surface area contributed by atoms with E-state index in [2.05, 4.69) is 10.3 Å². The second-order valence-electron chi connectivity index (χ2n) is 10.3. The van der Waals surface area contributed by atoms with Gasteiger partial charge >= 0.3 is 0 Å². The highest BCUT2D eigenvalue weighted by Crippen LogP contribution is 2.30. The molecule has 1 amide bonds. The number of pyridine rings is 1. The molecule has 0 saturated carbocycles. The molecule has 0 radical (unpaired) electrons. The van der Waals surface area contributed by atoms with Crippen LogP contribution >= 0.6 is 0 Å². The zero-order valence-electron chi connectivity index (χ0n) is 23.2. The van der Waals surface area contributed by atoms with Gasteiger partial charge in [0, 0.05) is 12.1 Å². The number of benzene rings is 2. The first-order valence-corrected chi connectivity index (χ1v) is 13.0. The van der Waals surface area contributed by atoms with Crippen LogP contribution in [0, 0.1) is 12.1 Å². The first-order chi connectivity index (χ1) is 19.6. The summed E-state index contributed by atoms with van der Waals surface area (Å²) >= 11 is 0. The molecular weight excluding hydrogens is 526 g/mol. The molecule has 41 heavy (non-hydrogen) atoms. The average Bonchev–Trinajstić information content (AvgIpc) is 3.19. The van der Waals surface area contributed by atoms with Gasteiger partial charge in [0.25, 0.3) is 11.5 Å². The fraction of sp³-hybridized carbons (Fsp3) is 0.233. The summed E-state index contributed by atoms with van der Waals surface area (Å²) in [4.78, 5) is 31.1. The highest BCUT2D eigenvalue weighted by Gasteiger charge is 2.27. The van der Waals surface area contributed by atoms with E-state index in [0.29, 0.717) is 39.9 Å². The van der Waals surface area contributed by atoms with Gasteiger partial charge in [-0.05, 0) is 57.2 Å². The van der Waals surface area contributed by atoms with Crippen LogP contribution in [0.4, 0.5) is 11.5 Å². The molecule has 11 heteroatoms. The van der Waals surface area contributed by atoms with Crippen LogP contribution in [0.5, 0.6) is 11.5 Å². The number of hydrogen-bond acceptors (Lipinski definition) is 7. The van der Waals surface area contributed by atoms with E-state index in [4.69, 9.17) is 9.47 Å². The Morgan fingerprint density at radius 3 is 2.54 bits per heavy atom. The molecule has 5 rings (SSSR count). The van der Waals surface area contributed by atoms with Gasteiger partial charge in [0.05, 0.1) is 42.4 Å². The molecule has 1 aliphatic rings. The molecule has 1 unspecified atom stereocenters. The molecule has 0 saturated heterocycles. The van der Waals surface area contributed by atoms with Crippen LogP contribution in [0.3, 0.4) is 0 Å². The van der Waals surface area contributed by atoms with Gasteiger partial charge in [0.15, 0.2) is 0 Å². The van der Waals surface area contributed by atoms with Crippen LogP contribution < -0.4 is 25.4 Å². The van der Waals surface area contributed by atoms with Crippen LogP contribution in [0.2, 0.25) is 0 Å². The minimum atomic E-state index is -1.13. The Kier molecular flexibility index (Phi) is 7.50. The molecule has 0 fully saturated rings. The largest absolute Gasteiger partial charge is 0.629 e.